The maximum absolute atomic E-state index is 10.9. The van der Waals surface area contributed by atoms with Crippen LogP contribution in [-0.4, -0.2) is 33.5 Å². The summed E-state index contributed by atoms with van der Waals surface area (Å²) in [5.74, 6) is -0.363. The van der Waals surface area contributed by atoms with Gasteiger partial charge in [-0.1, -0.05) is 42.8 Å². The van der Waals surface area contributed by atoms with Gasteiger partial charge in [-0.25, -0.2) is 5.48 Å². The molecule has 0 bridgehead atoms. The Hall–Kier alpha value is -2.84. The molecule has 2 aromatic rings. The summed E-state index contributed by atoms with van der Waals surface area (Å²) in [6, 6.07) is 15.4. The average Bonchev–Trinajstić information content (AvgIpc) is 2.72. The monoisotopic (exact) mass is 385 g/mol. The number of hydroxylamine groups is 1. The van der Waals surface area contributed by atoms with Crippen molar-refractivity contribution in [2.24, 2.45) is 5.10 Å². The number of aromatic nitrogens is 1. The molecule has 0 atom stereocenters. The molecular weight excluding hydrogens is 362 g/mol. The number of nitrogens with zero attached hydrogens (tertiary/aromatic N) is 2. The number of unbranched alkanes of at least 4 members (excludes halogenated alkanes) is 2. The molecule has 0 aliphatic carbocycles. The van der Waals surface area contributed by atoms with Crippen molar-refractivity contribution in [2.75, 3.05) is 6.54 Å². The van der Waals surface area contributed by atoms with E-state index in [1.165, 1.54) is 0 Å². The SMILES string of the molecule is O=C(CCCCCNC(=S)N/N=C(\c1ccccc1)c1ccccn1)NO. The Kier molecular flexibility index (Phi) is 8.88. The van der Waals surface area contributed by atoms with Gasteiger partial charge in [0.05, 0.1) is 5.69 Å². The van der Waals surface area contributed by atoms with Gasteiger partial charge < -0.3 is 5.32 Å². The van der Waals surface area contributed by atoms with Crippen molar-refractivity contribution >= 4 is 28.9 Å². The largest absolute Gasteiger partial charge is 0.361 e. The van der Waals surface area contributed by atoms with Crippen LogP contribution in [0.2, 0.25) is 0 Å². The first-order valence-corrected chi connectivity index (χ1v) is 9.13. The minimum atomic E-state index is -0.363. The van der Waals surface area contributed by atoms with Gasteiger partial charge in [0.2, 0.25) is 5.91 Å². The molecule has 0 fully saturated rings. The Morgan fingerprint density at radius 1 is 1.07 bits per heavy atom. The fourth-order valence-corrected chi connectivity index (χ4v) is 2.51. The molecule has 2 rings (SSSR count). The summed E-state index contributed by atoms with van der Waals surface area (Å²) in [7, 11) is 0. The third-order valence-electron chi connectivity index (χ3n) is 3.71. The standard InChI is InChI=1S/C19H23N5O2S/c25-17(24-26)12-5-2-7-14-21-19(27)23-22-18(15-9-3-1-4-10-15)16-11-6-8-13-20-16/h1,3-4,6,8-11,13,26H,2,5,7,12,14H2,(H,24,25)(H2,21,23,27)/b22-18+. The Balaban J connectivity index is 1.85. The predicted molar refractivity (Wildman–Crippen MR) is 108 cm³/mol. The summed E-state index contributed by atoms with van der Waals surface area (Å²) in [5.41, 5.74) is 6.89. The van der Waals surface area contributed by atoms with E-state index in [4.69, 9.17) is 17.4 Å². The Morgan fingerprint density at radius 3 is 2.56 bits per heavy atom. The van der Waals surface area contributed by atoms with Crippen LogP contribution in [0, 0.1) is 0 Å². The lowest BCUT2D eigenvalue weighted by Crippen LogP contribution is -2.33. The summed E-state index contributed by atoms with van der Waals surface area (Å²) in [6.07, 6.45) is 4.46. The molecule has 1 aromatic carbocycles. The van der Waals surface area contributed by atoms with Crippen LogP contribution in [-0.2, 0) is 4.79 Å². The zero-order chi connectivity index (χ0) is 19.3. The first kappa shape index (κ1) is 20.5. The second-order valence-corrected chi connectivity index (χ2v) is 6.16. The van der Waals surface area contributed by atoms with Crippen LogP contribution in [0.25, 0.3) is 0 Å². The zero-order valence-corrected chi connectivity index (χ0v) is 15.7. The van der Waals surface area contributed by atoms with Crippen LogP contribution in [0.1, 0.15) is 36.9 Å². The number of amides is 1. The van der Waals surface area contributed by atoms with Crippen LogP contribution in [0.15, 0.2) is 59.8 Å². The smallest absolute Gasteiger partial charge is 0.243 e. The quantitative estimate of drug-likeness (QED) is 0.174. The second-order valence-electron chi connectivity index (χ2n) is 5.75. The molecule has 8 heteroatoms. The van der Waals surface area contributed by atoms with Crippen molar-refractivity contribution in [3.63, 3.8) is 0 Å². The molecule has 0 aliphatic heterocycles. The van der Waals surface area contributed by atoms with Crippen LogP contribution >= 0.6 is 12.2 Å². The maximum atomic E-state index is 10.9. The lowest BCUT2D eigenvalue weighted by molar-refractivity contribution is -0.129. The van der Waals surface area contributed by atoms with Gasteiger partial charge in [-0.3, -0.25) is 20.4 Å². The van der Waals surface area contributed by atoms with E-state index in [9.17, 15) is 4.79 Å². The third-order valence-corrected chi connectivity index (χ3v) is 3.95. The number of hydrogen-bond acceptors (Lipinski definition) is 5. The lowest BCUT2D eigenvalue weighted by atomic mass is 10.1. The number of hydrazone groups is 1. The van der Waals surface area contributed by atoms with Crippen molar-refractivity contribution in [1.82, 2.24) is 21.2 Å². The van der Waals surface area contributed by atoms with E-state index in [-0.39, 0.29) is 5.91 Å². The molecule has 27 heavy (non-hydrogen) atoms. The van der Waals surface area contributed by atoms with Crippen LogP contribution in [0.5, 0.6) is 0 Å². The van der Waals surface area contributed by atoms with Gasteiger partial charge in [-0.15, -0.1) is 0 Å². The average molecular weight is 385 g/mol. The molecule has 0 saturated carbocycles. The van der Waals surface area contributed by atoms with Gasteiger partial charge >= 0.3 is 0 Å². The topological polar surface area (TPSA) is 98.6 Å². The summed E-state index contributed by atoms with van der Waals surface area (Å²) in [5, 5.41) is 16.4. The Bertz CT molecular complexity index is 712. The van der Waals surface area contributed by atoms with E-state index in [0.717, 1.165) is 24.1 Å². The number of hydrogen-bond donors (Lipinski definition) is 4. The highest BCUT2D eigenvalue weighted by Gasteiger charge is 2.08. The molecule has 0 aliphatic rings. The fourth-order valence-electron chi connectivity index (χ4n) is 2.36. The van der Waals surface area contributed by atoms with Crippen molar-refractivity contribution in [3.05, 3.63) is 66.0 Å². The second kappa shape index (κ2) is 11.7. The molecule has 4 N–H and O–H groups in total. The van der Waals surface area contributed by atoms with Crippen molar-refractivity contribution in [2.45, 2.75) is 25.7 Å². The molecule has 0 unspecified atom stereocenters. The Morgan fingerprint density at radius 2 is 1.85 bits per heavy atom. The highest BCUT2D eigenvalue weighted by Crippen LogP contribution is 2.08. The first-order chi connectivity index (χ1) is 13.2. The molecule has 0 saturated heterocycles. The van der Waals surface area contributed by atoms with E-state index in [1.807, 2.05) is 48.5 Å². The van der Waals surface area contributed by atoms with E-state index in [2.05, 4.69) is 20.8 Å². The zero-order valence-electron chi connectivity index (χ0n) is 14.9. The van der Waals surface area contributed by atoms with Gasteiger partial charge in [-0.05, 0) is 37.2 Å². The van der Waals surface area contributed by atoms with Crippen LogP contribution < -0.4 is 16.2 Å². The molecule has 0 spiro atoms. The minimum Gasteiger partial charge on any atom is -0.361 e. The maximum Gasteiger partial charge on any atom is 0.243 e. The van der Waals surface area contributed by atoms with Gasteiger partial charge in [0.1, 0.15) is 5.71 Å². The number of rotatable bonds is 9. The minimum absolute atomic E-state index is 0.313. The summed E-state index contributed by atoms with van der Waals surface area (Å²) in [6.45, 7) is 0.673. The van der Waals surface area contributed by atoms with Crippen LogP contribution in [0.4, 0.5) is 0 Å². The van der Waals surface area contributed by atoms with Crippen LogP contribution in [0.3, 0.4) is 0 Å². The Labute approximate surface area is 163 Å². The number of pyridine rings is 1. The predicted octanol–water partition coefficient (Wildman–Crippen LogP) is 2.36. The first-order valence-electron chi connectivity index (χ1n) is 8.72. The number of carbonyl (C=O) groups is 1. The number of carbonyl (C=O) groups excluding carboxylic acids is 1. The molecule has 1 aromatic heterocycles. The van der Waals surface area contributed by atoms with Gasteiger partial charge in [0.15, 0.2) is 5.11 Å². The third kappa shape index (κ3) is 7.51. The van der Waals surface area contributed by atoms with E-state index in [1.54, 1.807) is 11.7 Å². The van der Waals surface area contributed by atoms with Crippen molar-refractivity contribution in [1.29, 1.82) is 0 Å². The molecular formula is C19H23N5O2S. The van der Waals surface area contributed by atoms with Gasteiger partial charge in [0.25, 0.3) is 0 Å². The number of nitrogens with one attached hydrogen (secondary N) is 3. The molecule has 7 nitrogen and oxygen atoms in total. The molecule has 142 valence electrons. The summed E-state index contributed by atoms with van der Waals surface area (Å²) < 4.78 is 0. The highest BCUT2D eigenvalue weighted by atomic mass is 32.1. The molecule has 1 heterocycles. The van der Waals surface area contributed by atoms with E-state index < -0.39 is 0 Å². The van der Waals surface area contributed by atoms with E-state index in [0.29, 0.717) is 30.2 Å². The van der Waals surface area contributed by atoms with Crippen molar-refractivity contribution < 1.29 is 10.0 Å². The normalized spacial score (nSPS) is 10.9. The molecule has 1 amide bonds. The molecule has 0 radical (unpaired) electrons. The van der Waals surface area contributed by atoms with E-state index >= 15 is 0 Å². The highest BCUT2D eigenvalue weighted by molar-refractivity contribution is 7.80. The summed E-state index contributed by atoms with van der Waals surface area (Å²) in [4.78, 5) is 15.3. The number of thiocarbonyl (C=S) groups is 1. The number of benzene rings is 1. The summed E-state index contributed by atoms with van der Waals surface area (Å²) >= 11 is 5.26. The van der Waals surface area contributed by atoms with Crippen molar-refractivity contribution in [3.8, 4) is 0 Å². The van der Waals surface area contributed by atoms with Gasteiger partial charge in [0, 0.05) is 24.7 Å². The fraction of sp³-hybridized carbons (Fsp3) is 0.263. The van der Waals surface area contributed by atoms with Gasteiger partial charge in [-0.2, -0.15) is 5.10 Å². The lowest BCUT2D eigenvalue weighted by Gasteiger charge is -2.10.